The third-order valence-electron chi connectivity index (χ3n) is 3.67. The molecule has 27 heavy (non-hydrogen) atoms. The summed E-state index contributed by atoms with van der Waals surface area (Å²) in [6, 6.07) is 8.36. The van der Waals surface area contributed by atoms with Gasteiger partial charge in [0, 0.05) is 12.1 Å². The minimum absolute atomic E-state index is 0.157. The van der Waals surface area contributed by atoms with E-state index in [2.05, 4.69) is 15.8 Å². The molecule has 0 aliphatic heterocycles. The van der Waals surface area contributed by atoms with E-state index < -0.39 is 25.1 Å². The van der Waals surface area contributed by atoms with Crippen molar-refractivity contribution in [1.82, 2.24) is 10.5 Å². The Bertz CT molecular complexity index is 843. The van der Waals surface area contributed by atoms with Gasteiger partial charge in [-0.15, -0.1) is 0 Å². The van der Waals surface area contributed by atoms with E-state index in [9.17, 15) is 14.4 Å². The van der Waals surface area contributed by atoms with Crippen molar-refractivity contribution in [3.8, 4) is 5.88 Å². The number of aryl methyl sites for hydroxylation is 1. The Balaban J connectivity index is 1.46. The molecular formula is C18H19N3O6. The molecule has 1 aromatic heterocycles. The fourth-order valence-corrected chi connectivity index (χ4v) is 2.20. The van der Waals surface area contributed by atoms with Gasteiger partial charge in [-0.1, -0.05) is 12.1 Å². The fourth-order valence-electron chi connectivity index (χ4n) is 2.20. The smallest absolute Gasteiger partial charge is 0.344 e. The Morgan fingerprint density at radius 2 is 2.00 bits per heavy atom. The number of anilines is 1. The molecule has 1 aliphatic carbocycles. The van der Waals surface area contributed by atoms with Crippen molar-refractivity contribution < 1.29 is 28.4 Å². The van der Waals surface area contributed by atoms with Crippen LogP contribution in [0.3, 0.4) is 0 Å². The number of carbonyl (C=O) groups is 3. The van der Waals surface area contributed by atoms with E-state index in [1.807, 2.05) is 0 Å². The molecule has 0 radical (unpaired) electrons. The van der Waals surface area contributed by atoms with Crippen molar-refractivity contribution in [3.63, 3.8) is 0 Å². The number of nitrogens with zero attached hydrogens (tertiary/aromatic N) is 1. The molecule has 2 amide bonds. The van der Waals surface area contributed by atoms with Gasteiger partial charge in [0.15, 0.2) is 13.2 Å². The largest absolute Gasteiger partial charge is 0.463 e. The Labute approximate surface area is 155 Å². The predicted molar refractivity (Wildman–Crippen MR) is 93.3 cm³/mol. The number of benzene rings is 1. The van der Waals surface area contributed by atoms with Crippen LogP contribution in [0.2, 0.25) is 0 Å². The second kappa shape index (κ2) is 8.35. The second-order valence-electron chi connectivity index (χ2n) is 6.07. The topological polar surface area (TPSA) is 120 Å². The minimum Gasteiger partial charge on any atom is -0.463 e. The van der Waals surface area contributed by atoms with Crippen LogP contribution in [0.5, 0.6) is 5.88 Å². The second-order valence-corrected chi connectivity index (χ2v) is 6.07. The van der Waals surface area contributed by atoms with Crippen molar-refractivity contribution in [1.29, 1.82) is 0 Å². The lowest BCUT2D eigenvalue weighted by atomic mass is 10.1. The lowest BCUT2D eigenvalue weighted by molar-refractivity contribution is -0.149. The fraction of sp³-hybridized carbons (Fsp3) is 0.333. The average Bonchev–Trinajstić information content (AvgIpc) is 3.37. The highest BCUT2D eigenvalue weighted by Gasteiger charge is 2.25. The normalized spacial score (nSPS) is 12.9. The van der Waals surface area contributed by atoms with Crippen molar-refractivity contribution in [3.05, 3.63) is 41.7 Å². The molecule has 1 fully saturated rings. The molecule has 9 heteroatoms. The van der Waals surface area contributed by atoms with Gasteiger partial charge >= 0.3 is 5.97 Å². The molecule has 0 atom stereocenters. The van der Waals surface area contributed by atoms with Crippen LogP contribution in [-0.2, 0) is 14.3 Å². The quantitative estimate of drug-likeness (QED) is 0.672. The standard InChI is InChI=1S/C18H19N3O6/c1-11-8-16(21-27-11)25-10-17(23)26-9-15(22)20-14-5-3-2-4-13(14)18(24)19-12-6-7-12/h2-5,8,12H,6-7,9-10H2,1H3,(H,19,24)(H,20,22). The molecule has 0 bridgehead atoms. The highest BCUT2D eigenvalue weighted by atomic mass is 16.6. The Morgan fingerprint density at radius 3 is 2.70 bits per heavy atom. The van der Waals surface area contributed by atoms with Gasteiger partial charge < -0.3 is 24.6 Å². The average molecular weight is 373 g/mol. The van der Waals surface area contributed by atoms with Gasteiger partial charge in [0.05, 0.1) is 11.3 Å². The molecule has 142 valence electrons. The molecule has 1 aliphatic rings. The number of hydrogen-bond donors (Lipinski definition) is 2. The summed E-state index contributed by atoms with van der Waals surface area (Å²) < 4.78 is 14.7. The molecule has 2 N–H and O–H groups in total. The van der Waals surface area contributed by atoms with Gasteiger partial charge in [-0.2, -0.15) is 0 Å². The third kappa shape index (κ3) is 5.56. The molecule has 1 aromatic carbocycles. The summed E-state index contributed by atoms with van der Waals surface area (Å²) in [5.74, 6) is -0.841. The van der Waals surface area contributed by atoms with Gasteiger partial charge in [0.1, 0.15) is 5.76 Å². The number of esters is 1. The first-order chi connectivity index (χ1) is 13.0. The van der Waals surface area contributed by atoms with Crippen LogP contribution >= 0.6 is 0 Å². The van der Waals surface area contributed by atoms with Crippen LogP contribution in [0, 0.1) is 6.92 Å². The summed E-state index contributed by atoms with van der Waals surface area (Å²) in [7, 11) is 0. The number of nitrogens with one attached hydrogen (secondary N) is 2. The summed E-state index contributed by atoms with van der Waals surface area (Å²) in [4.78, 5) is 35.9. The van der Waals surface area contributed by atoms with Crippen molar-refractivity contribution in [2.24, 2.45) is 0 Å². The first-order valence-corrected chi connectivity index (χ1v) is 8.43. The number of aromatic nitrogens is 1. The van der Waals surface area contributed by atoms with E-state index in [4.69, 9.17) is 14.0 Å². The maximum atomic E-state index is 12.2. The monoisotopic (exact) mass is 373 g/mol. The lowest BCUT2D eigenvalue weighted by Crippen LogP contribution is -2.28. The first-order valence-electron chi connectivity index (χ1n) is 8.43. The maximum absolute atomic E-state index is 12.2. The zero-order valence-corrected chi connectivity index (χ0v) is 14.7. The molecule has 0 unspecified atom stereocenters. The molecule has 9 nitrogen and oxygen atoms in total. The van der Waals surface area contributed by atoms with Gasteiger partial charge in [0.2, 0.25) is 0 Å². The van der Waals surface area contributed by atoms with Crippen LogP contribution < -0.4 is 15.4 Å². The zero-order valence-electron chi connectivity index (χ0n) is 14.7. The molecule has 1 saturated carbocycles. The van der Waals surface area contributed by atoms with Crippen LogP contribution in [0.25, 0.3) is 0 Å². The predicted octanol–water partition coefficient (Wildman–Crippen LogP) is 1.44. The molecular weight excluding hydrogens is 354 g/mol. The number of ether oxygens (including phenoxy) is 2. The van der Waals surface area contributed by atoms with Gasteiger partial charge in [0.25, 0.3) is 17.7 Å². The highest BCUT2D eigenvalue weighted by molar-refractivity contribution is 6.04. The maximum Gasteiger partial charge on any atom is 0.344 e. The zero-order chi connectivity index (χ0) is 19.2. The summed E-state index contributed by atoms with van der Waals surface area (Å²) in [5, 5.41) is 9.00. The van der Waals surface area contributed by atoms with Crippen molar-refractivity contribution in [2.75, 3.05) is 18.5 Å². The van der Waals surface area contributed by atoms with E-state index in [1.54, 1.807) is 31.2 Å². The van der Waals surface area contributed by atoms with E-state index >= 15 is 0 Å². The van der Waals surface area contributed by atoms with Crippen LogP contribution in [-0.4, -0.2) is 42.2 Å². The highest BCUT2D eigenvalue weighted by Crippen LogP contribution is 2.21. The Kier molecular flexibility index (Phi) is 5.70. The first kappa shape index (κ1) is 18.4. The van der Waals surface area contributed by atoms with Crippen molar-refractivity contribution in [2.45, 2.75) is 25.8 Å². The molecule has 1 heterocycles. The van der Waals surface area contributed by atoms with Gasteiger partial charge in [-0.25, -0.2) is 4.79 Å². The number of rotatable bonds is 8. The lowest BCUT2D eigenvalue weighted by Gasteiger charge is -2.11. The third-order valence-corrected chi connectivity index (χ3v) is 3.67. The molecule has 0 spiro atoms. The van der Waals surface area contributed by atoms with E-state index in [0.717, 1.165) is 12.8 Å². The van der Waals surface area contributed by atoms with E-state index in [0.29, 0.717) is 17.0 Å². The van der Waals surface area contributed by atoms with Gasteiger partial charge in [-0.3, -0.25) is 9.59 Å². The number of carbonyl (C=O) groups excluding carboxylic acids is 3. The minimum atomic E-state index is -0.731. The molecule has 3 rings (SSSR count). The van der Waals surface area contributed by atoms with E-state index in [1.165, 1.54) is 6.07 Å². The van der Waals surface area contributed by atoms with Crippen LogP contribution in [0.15, 0.2) is 34.9 Å². The van der Waals surface area contributed by atoms with Gasteiger partial charge in [-0.05, 0) is 37.1 Å². The van der Waals surface area contributed by atoms with Crippen molar-refractivity contribution >= 4 is 23.5 Å². The van der Waals surface area contributed by atoms with Crippen LogP contribution in [0.1, 0.15) is 29.0 Å². The summed E-state index contributed by atoms with van der Waals surface area (Å²) in [6.07, 6.45) is 1.93. The Hall–Kier alpha value is -3.36. The van der Waals surface area contributed by atoms with E-state index in [-0.39, 0.29) is 17.8 Å². The number of hydrogen-bond acceptors (Lipinski definition) is 7. The number of amides is 2. The molecule has 2 aromatic rings. The number of para-hydroxylation sites is 1. The molecule has 0 saturated heterocycles. The van der Waals surface area contributed by atoms with Crippen LogP contribution in [0.4, 0.5) is 5.69 Å². The summed E-state index contributed by atoms with van der Waals surface area (Å²) >= 11 is 0. The summed E-state index contributed by atoms with van der Waals surface area (Å²) in [5.41, 5.74) is 0.708. The summed E-state index contributed by atoms with van der Waals surface area (Å²) in [6.45, 7) is 0.781. The Morgan fingerprint density at radius 1 is 1.22 bits per heavy atom. The SMILES string of the molecule is Cc1cc(OCC(=O)OCC(=O)Nc2ccccc2C(=O)NC2CC2)no1.